The first kappa shape index (κ1) is 39.1. The number of carbonyl (C=O) groups excluding carboxylic acids is 1. The number of methoxy groups -OCH3 is 2. The quantitative estimate of drug-likeness (QED) is 0.174. The van der Waals surface area contributed by atoms with Crippen LogP contribution in [0.25, 0.3) is 22.0 Å². The van der Waals surface area contributed by atoms with Crippen LogP contribution < -0.4 is 20.1 Å². The fourth-order valence-corrected chi connectivity index (χ4v) is 6.39. The molecule has 1 aromatic heterocycles. The molecule has 2 aliphatic rings. The van der Waals surface area contributed by atoms with Crippen molar-refractivity contribution in [3.63, 3.8) is 0 Å². The molecule has 0 aliphatic carbocycles. The van der Waals surface area contributed by atoms with Crippen LogP contribution in [0.2, 0.25) is 0 Å². The second-order valence-corrected chi connectivity index (χ2v) is 12.1. The molecule has 0 saturated carbocycles. The molecule has 2 fully saturated rings. The Kier molecular flexibility index (Phi) is 15.5. The fraction of sp³-hybridized carbons (Fsp3) is 0.417. The first-order chi connectivity index (χ1) is 22.1. The number of likely N-dealkylation sites (tertiary alicyclic amines) is 2. The molecular formula is C36H47Cl3N6O3. The monoisotopic (exact) mass is 716 g/mol. The molecule has 0 unspecified atom stereocenters. The van der Waals surface area contributed by atoms with Crippen molar-refractivity contribution in [1.82, 2.24) is 25.3 Å². The third-order valence-electron chi connectivity index (χ3n) is 9.06. The summed E-state index contributed by atoms with van der Waals surface area (Å²) in [5.74, 6) is 2.38. The van der Waals surface area contributed by atoms with Gasteiger partial charge in [0.1, 0.15) is 17.2 Å². The van der Waals surface area contributed by atoms with E-state index < -0.39 is 0 Å². The maximum atomic E-state index is 12.6. The molecule has 0 bridgehead atoms. The molecule has 4 aromatic rings. The zero-order valence-electron chi connectivity index (χ0n) is 27.7. The van der Waals surface area contributed by atoms with E-state index in [1.807, 2.05) is 48.5 Å². The van der Waals surface area contributed by atoms with Gasteiger partial charge in [-0.3, -0.25) is 9.69 Å². The molecule has 2 aliphatic heterocycles. The number of hydrogen-bond donors (Lipinski definition) is 2. The van der Waals surface area contributed by atoms with Gasteiger partial charge in [0.15, 0.2) is 5.82 Å². The maximum Gasteiger partial charge on any atom is 0.251 e. The molecule has 0 atom stereocenters. The number of piperidine rings is 2. The summed E-state index contributed by atoms with van der Waals surface area (Å²) < 4.78 is 10.9. The highest BCUT2D eigenvalue weighted by atomic mass is 35.5. The summed E-state index contributed by atoms with van der Waals surface area (Å²) in [5, 5.41) is 18.1. The minimum atomic E-state index is 0. The van der Waals surface area contributed by atoms with Crippen molar-refractivity contribution in [3.05, 3.63) is 77.9 Å². The number of ether oxygens (including phenoxy) is 2. The lowest BCUT2D eigenvalue weighted by atomic mass is 10.0. The summed E-state index contributed by atoms with van der Waals surface area (Å²) in [6.45, 7) is 6.77. The van der Waals surface area contributed by atoms with E-state index >= 15 is 0 Å². The SMILES string of the molecule is COc1ccc(-c2nnc(NC3CCN(Cc4ccc(C(=O)NCCN5CCCCC5)cc4)CC3)c3cc(OC)ccc23)cc1.Cl.Cl.Cl. The topological polar surface area (TPSA) is 91.9 Å². The van der Waals surface area contributed by atoms with Crippen LogP contribution >= 0.6 is 37.2 Å². The van der Waals surface area contributed by atoms with Gasteiger partial charge in [-0.25, -0.2) is 0 Å². The minimum Gasteiger partial charge on any atom is -0.497 e. The Labute approximate surface area is 302 Å². The van der Waals surface area contributed by atoms with Crippen LogP contribution in [0, 0.1) is 0 Å². The van der Waals surface area contributed by atoms with E-state index in [1.54, 1.807) is 14.2 Å². The van der Waals surface area contributed by atoms with Crippen molar-refractivity contribution < 1.29 is 14.3 Å². The lowest BCUT2D eigenvalue weighted by molar-refractivity contribution is 0.0946. The number of rotatable bonds is 11. The van der Waals surface area contributed by atoms with E-state index in [2.05, 4.69) is 48.8 Å². The second kappa shape index (κ2) is 19.0. The van der Waals surface area contributed by atoms with Crippen molar-refractivity contribution in [2.75, 3.05) is 58.8 Å². The first-order valence-corrected chi connectivity index (χ1v) is 16.2. The Morgan fingerprint density at radius 2 is 1.44 bits per heavy atom. The lowest BCUT2D eigenvalue weighted by Crippen LogP contribution is -2.39. The third kappa shape index (κ3) is 9.86. The minimum absolute atomic E-state index is 0. The number of amides is 1. The predicted molar refractivity (Wildman–Crippen MR) is 201 cm³/mol. The van der Waals surface area contributed by atoms with Gasteiger partial charge in [-0.15, -0.1) is 47.4 Å². The molecular weight excluding hydrogens is 671 g/mol. The summed E-state index contributed by atoms with van der Waals surface area (Å²) in [4.78, 5) is 17.6. The summed E-state index contributed by atoms with van der Waals surface area (Å²) in [6, 6.07) is 22.3. The van der Waals surface area contributed by atoms with E-state index in [0.717, 1.165) is 97.0 Å². The highest BCUT2D eigenvalue weighted by Gasteiger charge is 2.22. The van der Waals surface area contributed by atoms with Crippen molar-refractivity contribution in [3.8, 4) is 22.8 Å². The second-order valence-electron chi connectivity index (χ2n) is 12.1. The first-order valence-electron chi connectivity index (χ1n) is 16.2. The van der Waals surface area contributed by atoms with Gasteiger partial charge in [-0.05, 0) is 98.9 Å². The van der Waals surface area contributed by atoms with Gasteiger partial charge < -0.3 is 25.0 Å². The molecule has 3 aromatic carbocycles. The van der Waals surface area contributed by atoms with Crippen molar-refractivity contribution in [2.24, 2.45) is 0 Å². The molecule has 0 spiro atoms. The Hall–Kier alpha value is -3.34. The number of hydrogen-bond acceptors (Lipinski definition) is 8. The number of aromatic nitrogens is 2. The Balaban J connectivity index is 0.00000208. The van der Waals surface area contributed by atoms with Gasteiger partial charge in [0.05, 0.1) is 14.2 Å². The van der Waals surface area contributed by atoms with Crippen LogP contribution in [0.15, 0.2) is 66.7 Å². The zero-order valence-corrected chi connectivity index (χ0v) is 30.1. The zero-order chi connectivity index (χ0) is 31.0. The number of benzene rings is 3. The number of nitrogens with one attached hydrogen (secondary N) is 2. The van der Waals surface area contributed by atoms with Gasteiger partial charge >= 0.3 is 0 Å². The number of anilines is 1. The van der Waals surface area contributed by atoms with Crippen LogP contribution in [0.5, 0.6) is 11.5 Å². The van der Waals surface area contributed by atoms with E-state index in [1.165, 1.54) is 24.8 Å². The summed E-state index contributed by atoms with van der Waals surface area (Å²) in [6.07, 6.45) is 5.87. The highest BCUT2D eigenvalue weighted by Crippen LogP contribution is 2.34. The van der Waals surface area contributed by atoms with Crippen LogP contribution in [0.1, 0.15) is 48.0 Å². The van der Waals surface area contributed by atoms with Crippen molar-refractivity contribution in [2.45, 2.75) is 44.7 Å². The summed E-state index contributed by atoms with van der Waals surface area (Å²) in [7, 11) is 3.35. The number of halogens is 3. The fourth-order valence-electron chi connectivity index (χ4n) is 6.39. The lowest BCUT2D eigenvalue weighted by Gasteiger charge is -2.32. The van der Waals surface area contributed by atoms with E-state index in [-0.39, 0.29) is 43.1 Å². The van der Waals surface area contributed by atoms with Crippen LogP contribution in [0.3, 0.4) is 0 Å². The Bertz CT molecular complexity index is 1580. The van der Waals surface area contributed by atoms with E-state index in [4.69, 9.17) is 9.47 Å². The normalized spacial score (nSPS) is 15.4. The summed E-state index contributed by atoms with van der Waals surface area (Å²) >= 11 is 0. The van der Waals surface area contributed by atoms with E-state index in [9.17, 15) is 4.79 Å². The van der Waals surface area contributed by atoms with Crippen molar-refractivity contribution >= 4 is 59.7 Å². The highest BCUT2D eigenvalue weighted by molar-refractivity contribution is 6.01. The third-order valence-corrected chi connectivity index (χ3v) is 9.06. The molecule has 260 valence electrons. The smallest absolute Gasteiger partial charge is 0.251 e. The van der Waals surface area contributed by atoms with Crippen molar-refractivity contribution in [1.29, 1.82) is 0 Å². The summed E-state index contributed by atoms with van der Waals surface area (Å²) in [5.41, 5.74) is 3.77. The molecule has 1 amide bonds. The number of carbonyl (C=O) groups is 1. The van der Waals surface area contributed by atoms with Gasteiger partial charge in [0, 0.05) is 60.7 Å². The Morgan fingerprint density at radius 3 is 2.10 bits per heavy atom. The molecule has 2 saturated heterocycles. The van der Waals surface area contributed by atoms with Gasteiger partial charge in [0.2, 0.25) is 0 Å². The molecule has 9 nitrogen and oxygen atoms in total. The standard InChI is InChI=1S/C36H44N6O3.3ClH/c1-44-30-12-10-27(11-13-30)34-32-15-14-31(45-2)24-33(32)35(40-39-34)38-29-16-21-42(22-17-29)25-26-6-8-28(9-7-26)36(43)37-18-23-41-19-4-3-5-20-41;;;/h6-15,24,29H,3-5,16-23,25H2,1-2H3,(H,37,43)(H,38,40);3*1H. The van der Waals surface area contributed by atoms with Crippen LogP contribution in [0.4, 0.5) is 5.82 Å². The average molecular weight is 718 g/mol. The average Bonchev–Trinajstić information content (AvgIpc) is 3.10. The molecule has 3 heterocycles. The largest absolute Gasteiger partial charge is 0.497 e. The molecule has 6 rings (SSSR count). The van der Waals surface area contributed by atoms with Crippen LogP contribution in [-0.2, 0) is 6.54 Å². The van der Waals surface area contributed by atoms with Gasteiger partial charge in [0.25, 0.3) is 5.91 Å². The molecule has 2 N–H and O–H groups in total. The maximum absolute atomic E-state index is 12.6. The number of fused-ring (bicyclic) bond motifs is 1. The molecule has 0 radical (unpaired) electrons. The van der Waals surface area contributed by atoms with Crippen LogP contribution in [-0.4, -0.2) is 85.4 Å². The molecule has 12 heteroatoms. The van der Waals surface area contributed by atoms with Gasteiger partial charge in [-0.2, -0.15) is 0 Å². The van der Waals surface area contributed by atoms with Gasteiger partial charge in [-0.1, -0.05) is 18.6 Å². The molecule has 48 heavy (non-hydrogen) atoms. The number of nitrogens with zero attached hydrogens (tertiary/aromatic N) is 4. The predicted octanol–water partition coefficient (Wildman–Crippen LogP) is 6.87. The Morgan fingerprint density at radius 1 is 0.771 bits per heavy atom. The van der Waals surface area contributed by atoms with E-state index in [0.29, 0.717) is 12.6 Å².